The Balaban J connectivity index is 1.80. The van der Waals surface area contributed by atoms with Crippen LogP contribution in [0.15, 0.2) is 61.2 Å². The van der Waals surface area contributed by atoms with Crippen molar-refractivity contribution in [2.45, 2.75) is 24.9 Å². The Morgan fingerprint density at radius 3 is 2.64 bits per heavy atom. The summed E-state index contributed by atoms with van der Waals surface area (Å²) in [6.45, 7) is 4.21. The predicted octanol–water partition coefficient (Wildman–Crippen LogP) is 3.89. The Kier molecular flexibility index (Phi) is 6.55. The van der Waals surface area contributed by atoms with Crippen LogP contribution in [0.5, 0.6) is 11.5 Å². The number of carbonyl (C=O) groups is 1. The average Bonchev–Trinajstić information content (AvgIpc) is 3.07. The van der Waals surface area contributed by atoms with Crippen LogP contribution >= 0.6 is 0 Å². The van der Waals surface area contributed by atoms with Crippen LogP contribution in [0.25, 0.3) is 0 Å². The van der Waals surface area contributed by atoms with Gasteiger partial charge in [0.1, 0.15) is 6.61 Å². The number of cyclic esters (lactones) is 1. The number of hydrazine groups is 1. The number of hydrogen-bond donors (Lipinski definition) is 1. The summed E-state index contributed by atoms with van der Waals surface area (Å²) in [6.07, 6.45) is 2.81. The molecule has 148 valence electrons. The lowest BCUT2D eigenvalue weighted by molar-refractivity contribution is 0.130. The zero-order valence-corrected chi connectivity index (χ0v) is 16.3. The molecule has 1 N–H and O–H groups in total. The van der Waals surface area contributed by atoms with Crippen LogP contribution in [-0.4, -0.2) is 38.0 Å². The molecular formula is C22H26N2O4. The Bertz CT molecular complexity index is 809. The Labute approximate surface area is 165 Å². The summed E-state index contributed by atoms with van der Waals surface area (Å²) in [5.41, 5.74) is 5.46. The van der Waals surface area contributed by atoms with Crippen LogP contribution in [0.2, 0.25) is 0 Å². The van der Waals surface area contributed by atoms with Gasteiger partial charge in [-0.15, -0.1) is 6.58 Å². The summed E-state index contributed by atoms with van der Waals surface area (Å²) in [7, 11) is 3.21. The van der Waals surface area contributed by atoms with Crippen molar-refractivity contribution in [2.75, 3.05) is 20.8 Å². The summed E-state index contributed by atoms with van der Waals surface area (Å²) in [6, 6.07) is 15.6. The first-order valence-corrected chi connectivity index (χ1v) is 9.25. The van der Waals surface area contributed by atoms with E-state index in [9.17, 15) is 4.79 Å². The van der Waals surface area contributed by atoms with Crippen molar-refractivity contribution in [3.8, 4) is 11.5 Å². The Morgan fingerprint density at radius 1 is 1.21 bits per heavy atom. The summed E-state index contributed by atoms with van der Waals surface area (Å²) >= 11 is 0. The molecule has 2 aromatic rings. The molecule has 0 aliphatic carbocycles. The van der Waals surface area contributed by atoms with Gasteiger partial charge in [-0.3, -0.25) is 0 Å². The number of rotatable bonds is 9. The van der Waals surface area contributed by atoms with Gasteiger partial charge in [0.25, 0.3) is 0 Å². The van der Waals surface area contributed by atoms with E-state index in [1.807, 2.05) is 42.5 Å². The molecule has 0 aromatic heterocycles. The molecule has 0 spiro atoms. The van der Waals surface area contributed by atoms with Gasteiger partial charge >= 0.3 is 6.09 Å². The van der Waals surface area contributed by atoms with Gasteiger partial charge in [-0.25, -0.2) is 15.2 Å². The van der Waals surface area contributed by atoms with Gasteiger partial charge in [-0.05, 0) is 36.1 Å². The standard InChI is InChI=1S/C22H26N2O4/c1-4-8-19(17-11-12-20(26-2)21(14-17)27-3)23-24-18(15-28-22(24)25)13-16-9-6-5-7-10-16/h4-7,9-12,14,18-19,23H,1,8,13,15H2,2-3H3/t18-,19-/m0/s1. The highest BCUT2D eigenvalue weighted by Crippen LogP contribution is 2.31. The third-order valence-corrected chi connectivity index (χ3v) is 4.78. The highest BCUT2D eigenvalue weighted by molar-refractivity contribution is 5.69. The van der Waals surface area contributed by atoms with Gasteiger partial charge in [0.15, 0.2) is 11.5 Å². The molecule has 1 amide bonds. The molecule has 0 saturated carbocycles. The minimum atomic E-state index is -0.365. The first-order chi connectivity index (χ1) is 13.7. The van der Waals surface area contributed by atoms with E-state index >= 15 is 0 Å². The maximum atomic E-state index is 12.3. The van der Waals surface area contributed by atoms with Crippen LogP contribution in [0.1, 0.15) is 23.6 Å². The number of hydrogen-bond acceptors (Lipinski definition) is 5. The smallest absolute Gasteiger partial charge is 0.424 e. The van der Waals surface area contributed by atoms with E-state index in [1.54, 1.807) is 19.2 Å². The fraction of sp³-hybridized carbons (Fsp3) is 0.318. The number of ether oxygens (including phenoxy) is 3. The normalized spacial score (nSPS) is 17.1. The van der Waals surface area contributed by atoms with Crippen molar-refractivity contribution < 1.29 is 19.0 Å². The third kappa shape index (κ3) is 4.46. The molecule has 0 radical (unpaired) electrons. The number of benzene rings is 2. The number of nitrogens with zero attached hydrogens (tertiary/aromatic N) is 1. The summed E-state index contributed by atoms with van der Waals surface area (Å²) in [5, 5.41) is 1.60. The van der Waals surface area contributed by atoms with Crippen LogP contribution < -0.4 is 14.9 Å². The second-order valence-electron chi connectivity index (χ2n) is 6.61. The molecule has 1 aliphatic rings. The maximum absolute atomic E-state index is 12.3. The topological polar surface area (TPSA) is 60.0 Å². The number of nitrogens with one attached hydrogen (secondary N) is 1. The van der Waals surface area contributed by atoms with Crippen LogP contribution in [0.4, 0.5) is 4.79 Å². The van der Waals surface area contributed by atoms with Crippen molar-refractivity contribution in [2.24, 2.45) is 0 Å². The molecule has 1 saturated heterocycles. The van der Waals surface area contributed by atoms with Crippen LogP contribution in [0.3, 0.4) is 0 Å². The van der Waals surface area contributed by atoms with E-state index < -0.39 is 0 Å². The highest BCUT2D eigenvalue weighted by Gasteiger charge is 2.34. The molecule has 2 aromatic carbocycles. The van der Waals surface area contributed by atoms with Crippen molar-refractivity contribution >= 4 is 6.09 Å². The fourth-order valence-corrected chi connectivity index (χ4v) is 3.32. The van der Waals surface area contributed by atoms with Gasteiger partial charge in [0.05, 0.1) is 26.3 Å². The molecule has 28 heavy (non-hydrogen) atoms. The molecule has 3 rings (SSSR count). The number of carbonyl (C=O) groups excluding carboxylic acids is 1. The molecule has 0 bridgehead atoms. The van der Waals surface area contributed by atoms with E-state index in [2.05, 4.69) is 24.1 Å². The van der Waals surface area contributed by atoms with E-state index in [1.165, 1.54) is 0 Å². The van der Waals surface area contributed by atoms with Gasteiger partial charge in [0.2, 0.25) is 0 Å². The molecule has 1 aliphatic heterocycles. The Morgan fingerprint density at radius 2 is 1.96 bits per heavy atom. The average molecular weight is 382 g/mol. The van der Waals surface area contributed by atoms with Crippen molar-refractivity contribution in [1.82, 2.24) is 10.4 Å². The minimum Gasteiger partial charge on any atom is -0.493 e. The first kappa shape index (κ1) is 19.8. The van der Waals surface area contributed by atoms with Gasteiger partial charge in [0, 0.05) is 0 Å². The monoisotopic (exact) mass is 382 g/mol. The van der Waals surface area contributed by atoms with E-state index in [0.717, 1.165) is 11.1 Å². The van der Waals surface area contributed by atoms with Gasteiger partial charge in [-0.2, -0.15) is 0 Å². The third-order valence-electron chi connectivity index (χ3n) is 4.78. The Hall–Kier alpha value is -2.99. The molecule has 1 heterocycles. The lowest BCUT2D eigenvalue weighted by Gasteiger charge is -2.28. The molecule has 6 heteroatoms. The predicted molar refractivity (Wildman–Crippen MR) is 107 cm³/mol. The van der Waals surface area contributed by atoms with Crippen LogP contribution in [0, 0.1) is 0 Å². The van der Waals surface area contributed by atoms with Crippen molar-refractivity contribution in [3.05, 3.63) is 72.3 Å². The summed E-state index contributed by atoms with van der Waals surface area (Å²) in [5.74, 6) is 1.30. The second-order valence-corrected chi connectivity index (χ2v) is 6.61. The lowest BCUT2D eigenvalue weighted by atomic mass is 10.0. The summed E-state index contributed by atoms with van der Waals surface area (Å²) in [4.78, 5) is 12.3. The largest absolute Gasteiger partial charge is 0.493 e. The lowest BCUT2D eigenvalue weighted by Crippen LogP contribution is -2.47. The maximum Gasteiger partial charge on any atom is 0.424 e. The summed E-state index contributed by atoms with van der Waals surface area (Å²) < 4.78 is 16.0. The highest BCUT2D eigenvalue weighted by atomic mass is 16.6. The molecule has 0 unspecified atom stereocenters. The van der Waals surface area contributed by atoms with Gasteiger partial charge in [-0.1, -0.05) is 42.5 Å². The van der Waals surface area contributed by atoms with Gasteiger partial charge < -0.3 is 14.2 Å². The molecule has 1 fully saturated rings. The quantitative estimate of drug-likeness (QED) is 0.667. The fourth-order valence-electron chi connectivity index (χ4n) is 3.32. The van der Waals surface area contributed by atoms with E-state index in [-0.39, 0.29) is 18.2 Å². The van der Waals surface area contributed by atoms with E-state index in [0.29, 0.717) is 30.9 Å². The second kappa shape index (κ2) is 9.28. The number of amides is 1. The first-order valence-electron chi connectivity index (χ1n) is 9.25. The van der Waals surface area contributed by atoms with Crippen LogP contribution in [-0.2, 0) is 11.2 Å². The van der Waals surface area contributed by atoms with Crippen molar-refractivity contribution in [3.63, 3.8) is 0 Å². The molecule has 6 nitrogen and oxygen atoms in total. The minimum absolute atomic E-state index is 0.0811. The van der Waals surface area contributed by atoms with E-state index in [4.69, 9.17) is 14.2 Å². The zero-order valence-electron chi connectivity index (χ0n) is 16.3. The number of methoxy groups -OCH3 is 2. The molecular weight excluding hydrogens is 356 g/mol. The zero-order chi connectivity index (χ0) is 19.9. The molecule has 2 atom stereocenters. The van der Waals surface area contributed by atoms with Crippen molar-refractivity contribution in [1.29, 1.82) is 0 Å². The SMILES string of the molecule is C=CC[C@H](NN1C(=O)OC[C@@H]1Cc1ccccc1)c1ccc(OC)c(OC)c1.